The number of carbonyl (C=O) groups is 1. The van der Waals surface area contributed by atoms with E-state index in [9.17, 15) is 9.90 Å². The molecule has 4 aliphatic rings. The van der Waals surface area contributed by atoms with E-state index < -0.39 is 6.10 Å². The number of esters is 1. The first kappa shape index (κ1) is 14.3. The molecule has 1 aromatic carbocycles. The van der Waals surface area contributed by atoms with E-state index in [1.54, 1.807) is 6.07 Å². The number of phenols is 1. The second-order valence-corrected chi connectivity index (χ2v) is 7.51. The number of ether oxygens (including phenoxy) is 2. The largest absolute Gasteiger partial charge is 0.504 e. The molecule has 5 heteroatoms. The Hall–Kier alpha value is -2.01. The highest BCUT2D eigenvalue weighted by Gasteiger charge is 2.64. The van der Waals surface area contributed by atoms with E-state index in [1.807, 2.05) is 12.1 Å². The standard InChI is InChI=1S/C19H21NO4/c1-10(21)23-15-6-4-12-13-9-11-3-5-14(22)17-16(11)19(12,18(15)24-17)7-8-20(13)2/h3-6,12-13,15,18,22H,7-9H2,1-2H3/t12-,13-,15-,18-,19+/m1/s1. The number of carbonyl (C=O) groups excluding carboxylic acids is 1. The molecule has 24 heavy (non-hydrogen) atoms. The summed E-state index contributed by atoms with van der Waals surface area (Å²) < 4.78 is 11.8. The van der Waals surface area contributed by atoms with Crippen molar-refractivity contribution in [2.45, 2.75) is 43.4 Å². The lowest BCUT2D eigenvalue weighted by atomic mass is 9.53. The molecule has 1 N–H and O–H groups in total. The maximum Gasteiger partial charge on any atom is 0.303 e. The van der Waals surface area contributed by atoms with Crippen molar-refractivity contribution < 1.29 is 19.4 Å². The van der Waals surface area contributed by atoms with Gasteiger partial charge >= 0.3 is 5.97 Å². The molecule has 5 nitrogen and oxygen atoms in total. The van der Waals surface area contributed by atoms with Gasteiger partial charge in [0.15, 0.2) is 17.6 Å². The van der Waals surface area contributed by atoms with Crippen LogP contribution in [0.5, 0.6) is 11.5 Å². The monoisotopic (exact) mass is 327 g/mol. The highest BCUT2D eigenvalue weighted by Crippen LogP contribution is 2.62. The van der Waals surface area contributed by atoms with Gasteiger partial charge in [-0.05, 0) is 44.1 Å². The van der Waals surface area contributed by atoms with Crippen molar-refractivity contribution in [3.8, 4) is 11.5 Å². The van der Waals surface area contributed by atoms with Gasteiger partial charge in [0.05, 0.1) is 0 Å². The minimum Gasteiger partial charge on any atom is -0.504 e. The minimum absolute atomic E-state index is 0.190. The van der Waals surface area contributed by atoms with Gasteiger partial charge in [0, 0.05) is 29.9 Å². The van der Waals surface area contributed by atoms with Gasteiger partial charge in [-0.1, -0.05) is 12.1 Å². The molecule has 2 heterocycles. The van der Waals surface area contributed by atoms with E-state index in [0.29, 0.717) is 17.7 Å². The molecular weight excluding hydrogens is 306 g/mol. The molecule has 1 fully saturated rings. The van der Waals surface area contributed by atoms with Crippen molar-refractivity contribution in [2.75, 3.05) is 13.6 Å². The van der Waals surface area contributed by atoms with Crippen LogP contribution in [0.2, 0.25) is 0 Å². The topological polar surface area (TPSA) is 59.0 Å². The summed E-state index contributed by atoms with van der Waals surface area (Å²) in [5.74, 6) is 0.814. The zero-order chi connectivity index (χ0) is 16.6. The van der Waals surface area contributed by atoms with E-state index in [1.165, 1.54) is 12.5 Å². The highest BCUT2D eigenvalue weighted by molar-refractivity contribution is 5.67. The van der Waals surface area contributed by atoms with Crippen molar-refractivity contribution in [1.82, 2.24) is 4.90 Å². The fraction of sp³-hybridized carbons (Fsp3) is 0.526. The average molecular weight is 327 g/mol. The van der Waals surface area contributed by atoms with Crippen molar-refractivity contribution in [3.05, 3.63) is 35.4 Å². The highest BCUT2D eigenvalue weighted by atomic mass is 16.6. The number of likely N-dealkylation sites (tertiary alicyclic amines) is 1. The number of likely N-dealkylation sites (N-methyl/N-ethyl adjacent to an activating group) is 1. The summed E-state index contributed by atoms with van der Waals surface area (Å²) in [6.45, 7) is 2.41. The molecule has 126 valence electrons. The van der Waals surface area contributed by atoms with Crippen molar-refractivity contribution in [2.24, 2.45) is 5.92 Å². The van der Waals surface area contributed by atoms with Gasteiger partial charge in [-0.15, -0.1) is 0 Å². The van der Waals surface area contributed by atoms with E-state index in [0.717, 1.165) is 24.9 Å². The Labute approximate surface area is 140 Å². The predicted molar refractivity (Wildman–Crippen MR) is 87.1 cm³/mol. The summed E-state index contributed by atoms with van der Waals surface area (Å²) in [6, 6.07) is 4.18. The number of nitrogens with zero attached hydrogens (tertiary/aromatic N) is 1. The molecule has 0 amide bonds. The lowest BCUT2D eigenvalue weighted by Gasteiger charge is -2.56. The van der Waals surface area contributed by atoms with Gasteiger partial charge in [-0.2, -0.15) is 0 Å². The summed E-state index contributed by atoms with van der Waals surface area (Å²) in [4.78, 5) is 14.0. The number of aromatic hydroxyl groups is 1. The second-order valence-electron chi connectivity index (χ2n) is 7.51. The number of hydrogen-bond acceptors (Lipinski definition) is 5. The maximum absolute atomic E-state index is 11.6. The van der Waals surface area contributed by atoms with E-state index in [-0.39, 0.29) is 23.2 Å². The summed E-state index contributed by atoms with van der Waals surface area (Å²) in [7, 11) is 2.18. The molecule has 1 aromatic rings. The van der Waals surface area contributed by atoms with Crippen LogP contribution in [0.25, 0.3) is 0 Å². The Morgan fingerprint density at radius 1 is 1.42 bits per heavy atom. The second kappa shape index (κ2) is 4.54. The van der Waals surface area contributed by atoms with E-state index >= 15 is 0 Å². The maximum atomic E-state index is 11.6. The molecule has 0 unspecified atom stereocenters. The molecule has 2 aliphatic heterocycles. The number of piperidine rings is 1. The first-order valence-corrected chi connectivity index (χ1v) is 8.60. The fourth-order valence-corrected chi connectivity index (χ4v) is 5.51. The molecule has 1 saturated heterocycles. The normalized spacial score (nSPS) is 38.4. The Morgan fingerprint density at radius 3 is 3.04 bits per heavy atom. The lowest BCUT2D eigenvalue weighted by Crippen LogP contribution is -2.65. The van der Waals surface area contributed by atoms with Gasteiger partial charge in [0.1, 0.15) is 6.10 Å². The Bertz CT molecular complexity index is 773. The molecule has 2 bridgehead atoms. The van der Waals surface area contributed by atoms with E-state index in [4.69, 9.17) is 9.47 Å². The number of rotatable bonds is 1. The van der Waals surface area contributed by atoms with Crippen molar-refractivity contribution in [1.29, 1.82) is 0 Å². The molecule has 5 rings (SSSR count). The van der Waals surface area contributed by atoms with Gasteiger partial charge in [0.2, 0.25) is 0 Å². The molecule has 1 spiro atoms. The summed E-state index contributed by atoms with van der Waals surface area (Å²) in [6.07, 6.45) is 5.45. The Balaban J connectivity index is 1.74. The van der Waals surface area contributed by atoms with Gasteiger partial charge in [-0.25, -0.2) is 0 Å². The van der Waals surface area contributed by atoms with Crippen LogP contribution in [0.15, 0.2) is 24.3 Å². The van der Waals surface area contributed by atoms with Crippen LogP contribution in [0.3, 0.4) is 0 Å². The van der Waals surface area contributed by atoms with Gasteiger partial charge < -0.3 is 19.5 Å². The van der Waals surface area contributed by atoms with Crippen LogP contribution in [0, 0.1) is 5.92 Å². The molecule has 2 aliphatic carbocycles. The smallest absolute Gasteiger partial charge is 0.303 e. The Kier molecular flexibility index (Phi) is 2.71. The molecule has 0 radical (unpaired) electrons. The first-order valence-electron chi connectivity index (χ1n) is 8.60. The SMILES string of the molecule is CC(=O)O[C@@H]1C=C[C@@H]2[C@H]3Cc4ccc(O)c5c4[C@@]2(CCN3C)[C@@H]1O5. The minimum atomic E-state index is -0.402. The lowest BCUT2D eigenvalue weighted by molar-refractivity contribution is -0.152. The van der Waals surface area contributed by atoms with Crippen LogP contribution in [0.4, 0.5) is 0 Å². The molecule has 5 atom stereocenters. The van der Waals surface area contributed by atoms with Crippen molar-refractivity contribution in [3.63, 3.8) is 0 Å². The first-order chi connectivity index (χ1) is 11.5. The molecular formula is C19H21NO4. The van der Waals surface area contributed by atoms with Crippen LogP contribution in [-0.4, -0.2) is 47.8 Å². The van der Waals surface area contributed by atoms with Crippen molar-refractivity contribution >= 4 is 5.97 Å². The van der Waals surface area contributed by atoms with Crippen LogP contribution < -0.4 is 4.74 Å². The third kappa shape index (κ3) is 1.56. The van der Waals surface area contributed by atoms with Gasteiger partial charge in [-0.3, -0.25) is 4.79 Å². The summed E-state index contributed by atoms with van der Waals surface area (Å²) in [5.41, 5.74) is 2.21. The number of benzene rings is 1. The zero-order valence-corrected chi connectivity index (χ0v) is 13.9. The summed E-state index contributed by atoms with van der Waals surface area (Å²) in [5, 5.41) is 10.4. The number of phenolic OH excluding ortho intramolecular Hbond substituents is 1. The zero-order valence-electron chi connectivity index (χ0n) is 13.9. The van der Waals surface area contributed by atoms with E-state index in [2.05, 4.69) is 18.0 Å². The number of hydrogen-bond donors (Lipinski definition) is 1. The third-order valence-corrected chi connectivity index (χ3v) is 6.43. The third-order valence-electron chi connectivity index (χ3n) is 6.43. The van der Waals surface area contributed by atoms with Crippen LogP contribution in [0.1, 0.15) is 24.5 Å². The fourth-order valence-electron chi connectivity index (χ4n) is 5.51. The Morgan fingerprint density at radius 2 is 2.25 bits per heavy atom. The molecule has 0 saturated carbocycles. The quantitative estimate of drug-likeness (QED) is 0.629. The van der Waals surface area contributed by atoms with Crippen LogP contribution in [-0.2, 0) is 21.4 Å². The average Bonchev–Trinajstić information content (AvgIpc) is 2.89. The van der Waals surface area contributed by atoms with Gasteiger partial charge in [0.25, 0.3) is 0 Å². The van der Waals surface area contributed by atoms with Crippen LogP contribution >= 0.6 is 0 Å². The summed E-state index contributed by atoms with van der Waals surface area (Å²) >= 11 is 0. The predicted octanol–water partition coefficient (Wildman–Crippen LogP) is 1.77. The molecule has 0 aromatic heterocycles.